The van der Waals surface area contributed by atoms with E-state index in [4.69, 9.17) is 5.73 Å². The van der Waals surface area contributed by atoms with Crippen molar-refractivity contribution < 1.29 is 4.79 Å². The Morgan fingerprint density at radius 2 is 1.89 bits per heavy atom. The van der Waals surface area contributed by atoms with E-state index in [0.717, 1.165) is 18.4 Å². The standard InChI is InChI=1S/C15H22N2OS/c1-19-13-9-7-11(8-10-13)14(15(16)18)17-12-5-3-2-4-6-12/h7-10,12,14,17H,2-6H2,1H3,(H2,16,18). The fourth-order valence-corrected chi connectivity index (χ4v) is 3.05. The molecule has 0 spiro atoms. The molecule has 0 bridgehead atoms. The number of benzene rings is 1. The minimum Gasteiger partial charge on any atom is -0.368 e. The van der Waals surface area contributed by atoms with Gasteiger partial charge in [0, 0.05) is 10.9 Å². The summed E-state index contributed by atoms with van der Waals surface area (Å²) in [7, 11) is 0. The third-order valence-corrected chi connectivity index (χ3v) is 4.48. The lowest BCUT2D eigenvalue weighted by Gasteiger charge is -2.27. The Labute approximate surface area is 119 Å². The monoisotopic (exact) mass is 278 g/mol. The first-order chi connectivity index (χ1) is 9.20. The van der Waals surface area contributed by atoms with Gasteiger partial charge in [0.15, 0.2) is 0 Å². The smallest absolute Gasteiger partial charge is 0.239 e. The van der Waals surface area contributed by atoms with Crippen molar-refractivity contribution in [2.45, 2.75) is 49.1 Å². The second-order valence-corrected chi connectivity index (χ2v) is 5.99. The Bertz CT molecular complexity index is 413. The lowest BCUT2D eigenvalue weighted by Crippen LogP contribution is -2.40. The van der Waals surface area contributed by atoms with Crippen LogP contribution in [0.3, 0.4) is 0 Å². The van der Waals surface area contributed by atoms with Crippen LogP contribution in [0.5, 0.6) is 0 Å². The zero-order valence-electron chi connectivity index (χ0n) is 11.4. The van der Waals surface area contributed by atoms with Gasteiger partial charge in [0.1, 0.15) is 6.04 Å². The van der Waals surface area contributed by atoms with E-state index < -0.39 is 0 Å². The average molecular weight is 278 g/mol. The molecule has 1 unspecified atom stereocenters. The molecule has 1 aromatic carbocycles. The first-order valence-electron chi connectivity index (χ1n) is 6.90. The van der Waals surface area contributed by atoms with E-state index in [1.165, 1.54) is 24.2 Å². The number of hydrogen-bond acceptors (Lipinski definition) is 3. The Morgan fingerprint density at radius 3 is 2.42 bits per heavy atom. The quantitative estimate of drug-likeness (QED) is 0.814. The van der Waals surface area contributed by atoms with Gasteiger partial charge in [-0.1, -0.05) is 31.4 Å². The second-order valence-electron chi connectivity index (χ2n) is 5.11. The molecule has 0 radical (unpaired) electrons. The fraction of sp³-hybridized carbons (Fsp3) is 0.533. The summed E-state index contributed by atoms with van der Waals surface area (Å²) in [4.78, 5) is 12.9. The SMILES string of the molecule is CSc1ccc(C(NC2CCCCC2)C(N)=O)cc1. The molecule has 0 aromatic heterocycles. The summed E-state index contributed by atoms with van der Waals surface area (Å²) in [6.45, 7) is 0. The van der Waals surface area contributed by atoms with Crippen LogP contribution >= 0.6 is 11.8 Å². The van der Waals surface area contributed by atoms with E-state index in [9.17, 15) is 4.79 Å². The van der Waals surface area contributed by atoms with Gasteiger partial charge < -0.3 is 5.73 Å². The molecule has 3 N–H and O–H groups in total. The van der Waals surface area contributed by atoms with E-state index in [1.807, 2.05) is 30.5 Å². The molecular weight excluding hydrogens is 256 g/mol. The van der Waals surface area contributed by atoms with Crippen molar-refractivity contribution in [2.24, 2.45) is 5.73 Å². The minimum atomic E-state index is -0.362. The molecule has 0 aliphatic heterocycles. The molecule has 1 amide bonds. The van der Waals surface area contributed by atoms with Crippen LogP contribution in [0.15, 0.2) is 29.2 Å². The van der Waals surface area contributed by atoms with Crippen LogP contribution in [0.4, 0.5) is 0 Å². The molecule has 1 saturated carbocycles. The highest BCUT2D eigenvalue weighted by molar-refractivity contribution is 7.98. The van der Waals surface area contributed by atoms with Gasteiger partial charge in [0.25, 0.3) is 0 Å². The van der Waals surface area contributed by atoms with E-state index in [-0.39, 0.29) is 11.9 Å². The molecular formula is C15H22N2OS. The van der Waals surface area contributed by atoms with Gasteiger partial charge in [-0.05, 0) is 36.8 Å². The largest absolute Gasteiger partial charge is 0.368 e. The molecule has 1 aliphatic carbocycles. The van der Waals surface area contributed by atoms with Crippen LogP contribution < -0.4 is 11.1 Å². The molecule has 0 saturated heterocycles. The number of hydrogen-bond donors (Lipinski definition) is 2. The molecule has 1 aromatic rings. The van der Waals surface area contributed by atoms with Crippen LogP contribution in [0.1, 0.15) is 43.7 Å². The summed E-state index contributed by atoms with van der Waals surface area (Å²) < 4.78 is 0. The Kier molecular flexibility index (Phi) is 5.28. The Hall–Kier alpha value is -1.00. The molecule has 19 heavy (non-hydrogen) atoms. The van der Waals surface area contributed by atoms with E-state index >= 15 is 0 Å². The number of thioether (sulfide) groups is 1. The summed E-state index contributed by atoms with van der Waals surface area (Å²) in [5.41, 5.74) is 6.52. The third-order valence-electron chi connectivity index (χ3n) is 3.74. The molecule has 1 atom stereocenters. The number of carbonyl (C=O) groups excluding carboxylic acids is 1. The summed E-state index contributed by atoms with van der Waals surface area (Å²) in [5, 5.41) is 3.43. The minimum absolute atomic E-state index is 0.289. The lowest BCUT2D eigenvalue weighted by atomic mass is 9.94. The number of nitrogens with two attached hydrogens (primary N) is 1. The maximum absolute atomic E-state index is 11.7. The van der Waals surface area contributed by atoms with Crippen LogP contribution in [0.25, 0.3) is 0 Å². The summed E-state index contributed by atoms with van der Waals surface area (Å²) in [5.74, 6) is -0.289. The van der Waals surface area contributed by atoms with Gasteiger partial charge in [0.2, 0.25) is 5.91 Å². The molecule has 3 nitrogen and oxygen atoms in total. The summed E-state index contributed by atoms with van der Waals surface area (Å²) in [6.07, 6.45) is 8.13. The van der Waals surface area contributed by atoms with Crippen molar-refractivity contribution in [3.05, 3.63) is 29.8 Å². The van der Waals surface area contributed by atoms with Gasteiger partial charge in [0.05, 0.1) is 0 Å². The zero-order chi connectivity index (χ0) is 13.7. The third kappa shape index (κ3) is 3.98. The first-order valence-corrected chi connectivity index (χ1v) is 8.12. The van der Waals surface area contributed by atoms with Crippen molar-refractivity contribution in [1.82, 2.24) is 5.32 Å². The molecule has 1 fully saturated rings. The molecule has 1 aliphatic rings. The molecule has 4 heteroatoms. The van der Waals surface area contributed by atoms with E-state index in [1.54, 1.807) is 11.8 Å². The molecule has 104 valence electrons. The highest BCUT2D eigenvalue weighted by Gasteiger charge is 2.22. The highest BCUT2D eigenvalue weighted by Crippen LogP contribution is 2.23. The lowest BCUT2D eigenvalue weighted by molar-refractivity contribution is -0.120. The van der Waals surface area contributed by atoms with Gasteiger partial charge in [-0.3, -0.25) is 10.1 Å². The molecule has 0 heterocycles. The highest BCUT2D eigenvalue weighted by atomic mass is 32.2. The van der Waals surface area contributed by atoms with Crippen molar-refractivity contribution >= 4 is 17.7 Å². The first kappa shape index (κ1) is 14.4. The van der Waals surface area contributed by atoms with E-state index in [0.29, 0.717) is 6.04 Å². The number of primary amides is 1. The maximum Gasteiger partial charge on any atom is 0.239 e. The number of carbonyl (C=O) groups is 1. The molecule has 2 rings (SSSR count). The predicted molar refractivity (Wildman–Crippen MR) is 80.2 cm³/mol. The van der Waals surface area contributed by atoms with Crippen LogP contribution in [0.2, 0.25) is 0 Å². The maximum atomic E-state index is 11.7. The van der Waals surface area contributed by atoms with Crippen molar-refractivity contribution in [2.75, 3.05) is 6.26 Å². The van der Waals surface area contributed by atoms with Gasteiger partial charge in [-0.15, -0.1) is 11.8 Å². The Balaban J connectivity index is 2.07. The van der Waals surface area contributed by atoms with Gasteiger partial charge in [-0.2, -0.15) is 0 Å². The number of nitrogens with one attached hydrogen (secondary N) is 1. The number of amides is 1. The number of rotatable bonds is 5. The van der Waals surface area contributed by atoms with Gasteiger partial charge in [-0.25, -0.2) is 0 Å². The van der Waals surface area contributed by atoms with Gasteiger partial charge >= 0.3 is 0 Å². The second kappa shape index (κ2) is 6.96. The topological polar surface area (TPSA) is 55.1 Å². The average Bonchev–Trinajstić information content (AvgIpc) is 2.46. The van der Waals surface area contributed by atoms with Crippen LogP contribution in [-0.2, 0) is 4.79 Å². The fourth-order valence-electron chi connectivity index (χ4n) is 2.64. The van der Waals surface area contributed by atoms with Crippen molar-refractivity contribution in [1.29, 1.82) is 0 Å². The summed E-state index contributed by atoms with van der Waals surface area (Å²) >= 11 is 1.70. The van der Waals surface area contributed by atoms with E-state index in [2.05, 4.69) is 5.32 Å². The van der Waals surface area contributed by atoms with Crippen LogP contribution in [-0.4, -0.2) is 18.2 Å². The van der Waals surface area contributed by atoms with Crippen molar-refractivity contribution in [3.8, 4) is 0 Å². The van der Waals surface area contributed by atoms with Crippen LogP contribution in [0, 0.1) is 0 Å². The summed E-state index contributed by atoms with van der Waals surface area (Å²) in [6, 6.07) is 8.14. The van der Waals surface area contributed by atoms with Crippen molar-refractivity contribution in [3.63, 3.8) is 0 Å². The Morgan fingerprint density at radius 1 is 1.26 bits per heavy atom. The zero-order valence-corrected chi connectivity index (χ0v) is 12.2. The normalized spacial score (nSPS) is 18.2. The predicted octanol–water partition coefficient (Wildman–Crippen LogP) is 2.86.